The van der Waals surface area contributed by atoms with Crippen LogP contribution < -0.4 is 10.9 Å². The maximum Gasteiger partial charge on any atom is 0.293 e. The van der Waals surface area contributed by atoms with Gasteiger partial charge in [0.2, 0.25) is 0 Å². The summed E-state index contributed by atoms with van der Waals surface area (Å²) in [5, 5.41) is 3.17. The zero-order chi connectivity index (χ0) is 13.9. The van der Waals surface area contributed by atoms with Crippen LogP contribution in [0.1, 0.15) is 33.6 Å². The van der Waals surface area contributed by atoms with E-state index in [1.165, 1.54) is 0 Å². The van der Waals surface area contributed by atoms with E-state index in [1.807, 2.05) is 20.8 Å². The third-order valence-corrected chi connectivity index (χ3v) is 3.38. The molecule has 0 aliphatic carbocycles. The summed E-state index contributed by atoms with van der Waals surface area (Å²) in [6, 6.07) is 0. The van der Waals surface area contributed by atoms with E-state index in [-0.39, 0.29) is 11.1 Å². The molecule has 1 saturated heterocycles. The minimum atomic E-state index is -0.232. The Morgan fingerprint density at radius 1 is 1.53 bits per heavy atom. The van der Waals surface area contributed by atoms with Crippen molar-refractivity contribution >= 4 is 5.82 Å². The van der Waals surface area contributed by atoms with Gasteiger partial charge in [0.15, 0.2) is 5.82 Å². The van der Waals surface area contributed by atoms with Crippen molar-refractivity contribution in [3.8, 4) is 0 Å². The fraction of sp³-hybridized carbons (Fsp3) is 0.714. The zero-order valence-electron chi connectivity index (χ0n) is 12.0. The van der Waals surface area contributed by atoms with Crippen molar-refractivity contribution in [1.82, 2.24) is 9.55 Å². The Balaban J connectivity index is 2.06. The molecule has 0 bridgehead atoms. The molecule has 2 heterocycles. The van der Waals surface area contributed by atoms with E-state index < -0.39 is 0 Å². The van der Waals surface area contributed by atoms with Gasteiger partial charge >= 0.3 is 0 Å². The Bertz CT molecular complexity index is 470. The first-order chi connectivity index (χ1) is 8.98. The Morgan fingerprint density at radius 2 is 2.32 bits per heavy atom. The van der Waals surface area contributed by atoms with Crippen LogP contribution in [0.2, 0.25) is 0 Å². The summed E-state index contributed by atoms with van der Waals surface area (Å²) in [7, 11) is 0. The molecule has 1 unspecified atom stereocenters. The summed E-state index contributed by atoms with van der Waals surface area (Å²) < 4.78 is 7.14. The van der Waals surface area contributed by atoms with Crippen LogP contribution in [0.15, 0.2) is 17.2 Å². The van der Waals surface area contributed by atoms with Crippen molar-refractivity contribution in [2.24, 2.45) is 5.92 Å². The lowest BCUT2D eigenvalue weighted by atomic mass is 10.0. The van der Waals surface area contributed by atoms with Crippen LogP contribution in [0.5, 0.6) is 0 Å². The van der Waals surface area contributed by atoms with Gasteiger partial charge < -0.3 is 14.6 Å². The lowest BCUT2D eigenvalue weighted by Gasteiger charge is -2.24. The number of aromatic nitrogens is 2. The molecule has 1 fully saturated rings. The number of nitrogens with zero attached hydrogens (tertiary/aromatic N) is 2. The summed E-state index contributed by atoms with van der Waals surface area (Å²) >= 11 is 0. The van der Waals surface area contributed by atoms with Crippen LogP contribution in [-0.4, -0.2) is 29.3 Å². The highest BCUT2D eigenvalue weighted by molar-refractivity contribution is 5.31. The van der Waals surface area contributed by atoms with Crippen molar-refractivity contribution in [1.29, 1.82) is 0 Å². The summed E-state index contributed by atoms with van der Waals surface area (Å²) in [6.07, 6.45) is 5.65. The maximum atomic E-state index is 12.3. The van der Waals surface area contributed by atoms with Crippen LogP contribution in [0.25, 0.3) is 0 Å². The average Bonchev–Trinajstić information content (AvgIpc) is 2.37. The Hall–Kier alpha value is -1.36. The van der Waals surface area contributed by atoms with Gasteiger partial charge in [0, 0.05) is 31.1 Å². The minimum absolute atomic E-state index is 0.0632. The quantitative estimate of drug-likeness (QED) is 0.906. The van der Waals surface area contributed by atoms with E-state index in [0.717, 1.165) is 32.6 Å². The molecule has 1 aromatic heterocycles. The molecule has 2 rings (SSSR count). The molecule has 19 heavy (non-hydrogen) atoms. The summed E-state index contributed by atoms with van der Waals surface area (Å²) in [6.45, 7) is 8.40. The smallest absolute Gasteiger partial charge is 0.293 e. The van der Waals surface area contributed by atoms with Crippen molar-refractivity contribution in [2.75, 3.05) is 25.1 Å². The van der Waals surface area contributed by atoms with Gasteiger partial charge in [0.1, 0.15) is 0 Å². The average molecular weight is 265 g/mol. The van der Waals surface area contributed by atoms with E-state index in [0.29, 0.717) is 11.7 Å². The Kier molecular flexibility index (Phi) is 4.24. The summed E-state index contributed by atoms with van der Waals surface area (Å²) in [5.74, 6) is 0.904. The van der Waals surface area contributed by atoms with Gasteiger partial charge in [-0.15, -0.1) is 0 Å². The Morgan fingerprint density at radius 3 is 2.95 bits per heavy atom. The Labute approximate surface area is 114 Å². The molecule has 0 radical (unpaired) electrons. The van der Waals surface area contributed by atoms with Gasteiger partial charge in [-0.25, -0.2) is 4.98 Å². The molecule has 5 heteroatoms. The lowest BCUT2D eigenvalue weighted by Crippen LogP contribution is -2.36. The topological polar surface area (TPSA) is 56.1 Å². The largest absolute Gasteiger partial charge is 0.381 e. The van der Waals surface area contributed by atoms with Gasteiger partial charge in [0.25, 0.3) is 5.56 Å². The molecule has 0 aromatic carbocycles. The molecular formula is C14H23N3O2. The molecule has 1 aromatic rings. The van der Waals surface area contributed by atoms with Crippen molar-refractivity contribution < 1.29 is 4.74 Å². The maximum absolute atomic E-state index is 12.3. The van der Waals surface area contributed by atoms with Gasteiger partial charge in [-0.1, -0.05) is 0 Å². The van der Waals surface area contributed by atoms with E-state index in [2.05, 4.69) is 10.3 Å². The fourth-order valence-electron chi connectivity index (χ4n) is 2.27. The van der Waals surface area contributed by atoms with Crippen LogP contribution in [0, 0.1) is 5.92 Å². The molecule has 1 aliphatic heterocycles. The van der Waals surface area contributed by atoms with Gasteiger partial charge in [-0.2, -0.15) is 0 Å². The molecule has 106 valence electrons. The molecule has 1 atom stereocenters. The molecule has 5 nitrogen and oxygen atoms in total. The standard InChI is InChI=1S/C14H23N3O2/c1-14(2,3)17-7-6-15-12(13(17)18)16-9-11-5-4-8-19-10-11/h6-7,11H,4-5,8-10H2,1-3H3,(H,15,16). The molecule has 0 amide bonds. The van der Waals surface area contributed by atoms with E-state index in [9.17, 15) is 4.79 Å². The normalized spacial score (nSPS) is 20.3. The number of nitrogens with one attached hydrogen (secondary N) is 1. The van der Waals surface area contributed by atoms with Crippen LogP contribution in [0.4, 0.5) is 5.82 Å². The number of hydrogen-bond donors (Lipinski definition) is 1. The number of ether oxygens (including phenoxy) is 1. The van der Waals surface area contributed by atoms with Crippen LogP contribution in [-0.2, 0) is 10.3 Å². The fourth-order valence-corrected chi connectivity index (χ4v) is 2.27. The second-order valence-corrected chi connectivity index (χ2v) is 6.09. The van der Waals surface area contributed by atoms with E-state index in [4.69, 9.17) is 4.74 Å². The molecular weight excluding hydrogens is 242 g/mol. The zero-order valence-corrected chi connectivity index (χ0v) is 12.0. The SMILES string of the molecule is CC(C)(C)n1ccnc(NCC2CCCOC2)c1=O. The molecule has 1 aliphatic rings. The van der Waals surface area contributed by atoms with Gasteiger partial charge in [-0.05, 0) is 39.5 Å². The summed E-state index contributed by atoms with van der Waals surface area (Å²) in [4.78, 5) is 16.4. The van der Waals surface area contributed by atoms with Crippen LogP contribution >= 0.6 is 0 Å². The predicted molar refractivity (Wildman–Crippen MR) is 75.5 cm³/mol. The van der Waals surface area contributed by atoms with Crippen molar-refractivity contribution in [2.45, 2.75) is 39.2 Å². The molecule has 0 saturated carbocycles. The van der Waals surface area contributed by atoms with Gasteiger partial charge in [-0.3, -0.25) is 4.79 Å². The highest BCUT2D eigenvalue weighted by Gasteiger charge is 2.18. The first kappa shape index (κ1) is 14.1. The van der Waals surface area contributed by atoms with Crippen molar-refractivity contribution in [3.05, 3.63) is 22.7 Å². The van der Waals surface area contributed by atoms with E-state index in [1.54, 1.807) is 17.0 Å². The number of rotatable bonds is 3. The highest BCUT2D eigenvalue weighted by Crippen LogP contribution is 2.14. The molecule has 1 N–H and O–H groups in total. The van der Waals surface area contributed by atoms with Crippen LogP contribution in [0.3, 0.4) is 0 Å². The number of hydrogen-bond acceptors (Lipinski definition) is 4. The second-order valence-electron chi connectivity index (χ2n) is 6.09. The first-order valence-corrected chi connectivity index (χ1v) is 6.88. The van der Waals surface area contributed by atoms with Gasteiger partial charge in [0.05, 0.1) is 6.61 Å². The predicted octanol–water partition coefficient (Wildman–Crippen LogP) is 1.84. The monoisotopic (exact) mass is 265 g/mol. The summed E-state index contributed by atoms with van der Waals surface area (Å²) in [5.41, 5.74) is -0.295. The third-order valence-electron chi connectivity index (χ3n) is 3.38. The lowest BCUT2D eigenvalue weighted by molar-refractivity contribution is 0.0594. The number of anilines is 1. The molecule has 0 spiro atoms. The highest BCUT2D eigenvalue weighted by atomic mass is 16.5. The minimum Gasteiger partial charge on any atom is -0.381 e. The second kappa shape index (κ2) is 5.74. The van der Waals surface area contributed by atoms with Crippen molar-refractivity contribution in [3.63, 3.8) is 0 Å². The van der Waals surface area contributed by atoms with E-state index >= 15 is 0 Å². The third kappa shape index (κ3) is 3.56. The first-order valence-electron chi connectivity index (χ1n) is 6.88.